The van der Waals surface area contributed by atoms with Gasteiger partial charge in [0.1, 0.15) is 5.82 Å². The highest BCUT2D eigenvalue weighted by molar-refractivity contribution is 5.02. The lowest BCUT2D eigenvalue weighted by atomic mass is 9.93. The van der Waals surface area contributed by atoms with E-state index in [1.54, 1.807) is 0 Å². The Morgan fingerprint density at radius 2 is 1.03 bits per heavy atom. The molecule has 0 bridgehead atoms. The van der Waals surface area contributed by atoms with Gasteiger partial charge in [-0.25, -0.2) is 4.98 Å². The maximum absolute atomic E-state index is 4.89. The Balaban J connectivity index is 2.42. The SMILES string of the molecule is CCCCCCCCCCCC(C)n1ccnc1C(CCCCC)CCCCCCC. The van der Waals surface area contributed by atoms with Gasteiger partial charge in [0.05, 0.1) is 0 Å². The average molecular weight is 433 g/mol. The van der Waals surface area contributed by atoms with Crippen molar-refractivity contribution in [1.29, 1.82) is 0 Å². The van der Waals surface area contributed by atoms with Crippen LogP contribution in [0.5, 0.6) is 0 Å². The lowest BCUT2D eigenvalue weighted by Crippen LogP contribution is -2.13. The highest BCUT2D eigenvalue weighted by atomic mass is 15.1. The molecule has 2 atom stereocenters. The van der Waals surface area contributed by atoms with E-state index in [-0.39, 0.29) is 0 Å². The highest BCUT2D eigenvalue weighted by Gasteiger charge is 2.19. The van der Waals surface area contributed by atoms with Crippen molar-refractivity contribution in [1.82, 2.24) is 9.55 Å². The van der Waals surface area contributed by atoms with Gasteiger partial charge in [-0.1, -0.05) is 130 Å². The summed E-state index contributed by atoms with van der Waals surface area (Å²) in [5.41, 5.74) is 0. The van der Waals surface area contributed by atoms with E-state index in [4.69, 9.17) is 4.98 Å². The molecule has 1 aromatic rings. The molecule has 0 aliphatic rings. The van der Waals surface area contributed by atoms with E-state index in [0.717, 1.165) is 0 Å². The zero-order valence-corrected chi connectivity index (χ0v) is 21.8. The molecule has 1 rings (SSSR count). The van der Waals surface area contributed by atoms with E-state index in [2.05, 4.69) is 44.7 Å². The first-order valence-electron chi connectivity index (χ1n) is 14.3. The Bertz CT molecular complexity index is 493. The summed E-state index contributed by atoms with van der Waals surface area (Å²) in [6, 6.07) is 0.593. The molecule has 0 aromatic carbocycles. The minimum atomic E-state index is 0.593. The Labute approximate surface area is 196 Å². The molecule has 0 N–H and O–H groups in total. The van der Waals surface area contributed by atoms with Gasteiger partial charge in [0.15, 0.2) is 0 Å². The molecule has 0 saturated heterocycles. The fraction of sp³-hybridized carbons (Fsp3) is 0.897. The standard InChI is InChI=1S/C29H56N2/c1-5-8-11-13-14-15-16-18-20-22-27(4)31-26-25-30-29(31)28(23-19-10-7-3)24-21-17-12-9-6-2/h25-28H,5-24H2,1-4H3. The second-order valence-electron chi connectivity index (χ2n) is 10.1. The highest BCUT2D eigenvalue weighted by Crippen LogP contribution is 2.30. The molecule has 0 aliphatic carbocycles. The summed E-state index contributed by atoms with van der Waals surface area (Å²) < 4.78 is 2.54. The second kappa shape index (κ2) is 19.9. The van der Waals surface area contributed by atoms with Gasteiger partial charge >= 0.3 is 0 Å². The molecule has 182 valence electrons. The van der Waals surface area contributed by atoms with Crippen molar-refractivity contribution in [2.24, 2.45) is 0 Å². The predicted molar refractivity (Wildman–Crippen MR) is 139 cm³/mol. The summed E-state index contributed by atoms with van der Waals surface area (Å²) in [6.07, 6.45) is 31.9. The van der Waals surface area contributed by atoms with Gasteiger partial charge in [-0.15, -0.1) is 0 Å². The van der Waals surface area contributed by atoms with Crippen LogP contribution in [0.1, 0.15) is 174 Å². The van der Waals surface area contributed by atoms with Crippen LogP contribution in [-0.2, 0) is 0 Å². The Morgan fingerprint density at radius 1 is 0.613 bits per heavy atom. The van der Waals surface area contributed by atoms with E-state index in [0.29, 0.717) is 12.0 Å². The van der Waals surface area contributed by atoms with Crippen LogP contribution in [-0.4, -0.2) is 9.55 Å². The Hall–Kier alpha value is -0.790. The molecule has 0 aliphatic heterocycles. The molecule has 1 heterocycles. The summed E-state index contributed by atoms with van der Waals surface area (Å²) in [4.78, 5) is 4.89. The summed E-state index contributed by atoms with van der Waals surface area (Å²) in [5.74, 6) is 2.05. The third-order valence-corrected chi connectivity index (χ3v) is 7.08. The molecule has 0 saturated carbocycles. The van der Waals surface area contributed by atoms with Gasteiger partial charge in [0, 0.05) is 24.4 Å². The van der Waals surface area contributed by atoms with Crippen LogP contribution in [0.2, 0.25) is 0 Å². The van der Waals surface area contributed by atoms with Crippen LogP contribution >= 0.6 is 0 Å². The fourth-order valence-corrected chi connectivity index (χ4v) is 4.94. The van der Waals surface area contributed by atoms with Crippen molar-refractivity contribution < 1.29 is 0 Å². The normalized spacial score (nSPS) is 13.5. The zero-order chi connectivity index (χ0) is 22.6. The molecule has 2 nitrogen and oxygen atoms in total. The van der Waals surface area contributed by atoms with Crippen LogP contribution in [0.4, 0.5) is 0 Å². The summed E-state index contributed by atoms with van der Waals surface area (Å²) in [7, 11) is 0. The average Bonchev–Trinajstić information content (AvgIpc) is 3.26. The number of hydrogen-bond acceptors (Lipinski definition) is 1. The van der Waals surface area contributed by atoms with E-state index in [1.807, 2.05) is 0 Å². The smallest absolute Gasteiger partial charge is 0.111 e. The first-order valence-corrected chi connectivity index (χ1v) is 14.3. The molecule has 31 heavy (non-hydrogen) atoms. The third-order valence-electron chi connectivity index (χ3n) is 7.08. The molecule has 2 unspecified atom stereocenters. The van der Waals surface area contributed by atoms with E-state index < -0.39 is 0 Å². The molecule has 0 spiro atoms. The molecule has 0 fully saturated rings. The van der Waals surface area contributed by atoms with Gasteiger partial charge < -0.3 is 4.57 Å². The Kier molecular flexibility index (Phi) is 18.1. The second-order valence-corrected chi connectivity index (χ2v) is 10.1. The summed E-state index contributed by atoms with van der Waals surface area (Å²) in [6.45, 7) is 9.33. The van der Waals surface area contributed by atoms with E-state index >= 15 is 0 Å². The van der Waals surface area contributed by atoms with Gasteiger partial charge in [0.2, 0.25) is 0 Å². The quantitative estimate of drug-likeness (QED) is 0.167. The fourth-order valence-electron chi connectivity index (χ4n) is 4.94. The van der Waals surface area contributed by atoms with Gasteiger partial charge in [-0.3, -0.25) is 0 Å². The van der Waals surface area contributed by atoms with Crippen molar-refractivity contribution >= 4 is 0 Å². The largest absolute Gasteiger partial charge is 0.332 e. The first kappa shape index (κ1) is 28.2. The monoisotopic (exact) mass is 432 g/mol. The summed E-state index contributed by atoms with van der Waals surface area (Å²) in [5, 5.41) is 0. The van der Waals surface area contributed by atoms with Crippen LogP contribution < -0.4 is 0 Å². The van der Waals surface area contributed by atoms with Gasteiger partial charge in [0.25, 0.3) is 0 Å². The minimum Gasteiger partial charge on any atom is -0.332 e. The van der Waals surface area contributed by atoms with Crippen molar-refractivity contribution in [3.05, 3.63) is 18.2 Å². The zero-order valence-electron chi connectivity index (χ0n) is 21.8. The molecule has 1 aromatic heterocycles. The van der Waals surface area contributed by atoms with Gasteiger partial charge in [-0.05, 0) is 26.2 Å². The number of aromatic nitrogens is 2. The Morgan fingerprint density at radius 3 is 1.58 bits per heavy atom. The molecule has 0 radical (unpaired) electrons. The third kappa shape index (κ3) is 13.4. The van der Waals surface area contributed by atoms with Crippen LogP contribution in [0.15, 0.2) is 12.4 Å². The maximum Gasteiger partial charge on any atom is 0.111 e. The van der Waals surface area contributed by atoms with E-state index in [1.165, 1.54) is 134 Å². The van der Waals surface area contributed by atoms with Crippen molar-refractivity contribution in [3.63, 3.8) is 0 Å². The molecule has 0 amide bonds. The van der Waals surface area contributed by atoms with Crippen molar-refractivity contribution in [3.8, 4) is 0 Å². The number of nitrogens with zero attached hydrogens (tertiary/aromatic N) is 2. The maximum atomic E-state index is 4.89. The van der Waals surface area contributed by atoms with Crippen LogP contribution in [0, 0.1) is 0 Å². The number of unbranched alkanes of at least 4 members (excludes halogenated alkanes) is 14. The summed E-state index contributed by atoms with van der Waals surface area (Å²) >= 11 is 0. The van der Waals surface area contributed by atoms with Crippen LogP contribution in [0.25, 0.3) is 0 Å². The lowest BCUT2D eigenvalue weighted by molar-refractivity contribution is 0.414. The predicted octanol–water partition coefficient (Wildman–Crippen LogP) is 10.4. The number of rotatable bonds is 22. The van der Waals surface area contributed by atoms with Gasteiger partial charge in [-0.2, -0.15) is 0 Å². The molecule has 2 heteroatoms. The number of hydrogen-bond donors (Lipinski definition) is 0. The molecular weight excluding hydrogens is 376 g/mol. The minimum absolute atomic E-state index is 0.593. The topological polar surface area (TPSA) is 17.8 Å². The van der Waals surface area contributed by atoms with Crippen LogP contribution in [0.3, 0.4) is 0 Å². The van der Waals surface area contributed by atoms with Crippen molar-refractivity contribution in [2.45, 2.75) is 168 Å². The van der Waals surface area contributed by atoms with E-state index in [9.17, 15) is 0 Å². The first-order chi connectivity index (χ1) is 15.2. The molecular formula is C29H56N2. The van der Waals surface area contributed by atoms with Crippen molar-refractivity contribution in [2.75, 3.05) is 0 Å². The lowest BCUT2D eigenvalue weighted by Gasteiger charge is -2.22. The number of imidazole rings is 1.